The minimum atomic E-state index is 0.397. The van der Waals surface area contributed by atoms with E-state index in [1.165, 1.54) is 11.1 Å². The summed E-state index contributed by atoms with van der Waals surface area (Å²) in [5.41, 5.74) is 2.49. The van der Waals surface area contributed by atoms with Gasteiger partial charge in [0.15, 0.2) is 0 Å². The number of rotatable bonds is 4. The Labute approximate surface area is 132 Å². The molecular weight excluding hydrogens is 268 g/mol. The highest BCUT2D eigenvalue weighted by Crippen LogP contribution is 2.11. The van der Waals surface area contributed by atoms with E-state index in [0.29, 0.717) is 6.04 Å². The van der Waals surface area contributed by atoms with Crippen molar-refractivity contribution in [2.24, 2.45) is 0 Å². The van der Waals surface area contributed by atoms with Gasteiger partial charge in [-0.1, -0.05) is 72.8 Å². The molecule has 0 bridgehead atoms. The number of nitrogens with one attached hydrogen (secondary N) is 1. The van der Waals surface area contributed by atoms with Crippen molar-refractivity contribution in [3.63, 3.8) is 0 Å². The van der Waals surface area contributed by atoms with Crippen molar-refractivity contribution in [1.82, 2.24) is 10.2 Å². The van der Waals surface area contributed by atoms with Crippen LogP contribution in [0, 0.1) is 0 Å². The maximum absolute atomic E-state index is 3.47. The lowest BCUT2D eigenvalue weighted by Gasteiger charge is -2.33. The molecule has 0 amide bonds. The SMILES string of the molecule is C(=C\C1CNCCN1/C=C/c1ccccc1)/c1ccccc1. The van der Waals surface area contributed by atoms with Gasteiger partial charge in [-0.25, -0.2) is 0 Å². The normalized spacial score (nSPS) is 19.1. The molecule has 0 aliphatic carbocycles. The Morgan fingerprint density at radius 2 is 1.50 bits per heavy atom. The summed E-state index contributed by atoms with van der Waals surface area (Å²) in [5, 5.41) is 3.47. The molecule has 1 atom stereocenters. The van der Waals surface area contributed by atoms with Gasteiger partial charge < -0.3 is 10.2 Å². The fourth-order valence-electron chi connectivity index (χ4n) is 2.64. The van der Waals surface area contributed by atoms with Gasteiger partial charge in [-0.3, -0.25) is 0 Å². The van der Waals surface area contributed by atoms with Gasteiger partial charge in [0, 0.05) is 25.8 Å². The van der Waals surface area contributed by atoms with Crippen LogP contribution in [0.1, 0.15) is 11.1 Å². The summed E-state index contributed by atoms with van der Waals surface area (Å²) in [6.07, 6.45) is 8.91. The third-order valence-electron chi connectivity index (χ3n) is 3.89. The number of hydrogen-bond acceptors (Lipinski definition) is 2. The number of piperazine rings is 1. The van der Waals surface area contributed by atoms with Crippen LogP contribution in [0.15, 0.2) is 72.9 Å². The molecule has 1 unspecified atom stereocenters. The van der Waals surface area contributed by atoms with Gasteiger partial charge in [0.05, 0.1) is 6.04 Å². The molecule has 2 heteroatoms. The summed E-state index contributed by atoms with van der Waals surface area (Å²) in [4.78, 5) is 2.41. The van der Waals surface area contributed by atoms with Gasteiger partial charge in [-0.2, -0.15) is 0 Å². The van der Waals surface area contributed by atoms with Crippen molar-refractivity contribution in [2.75, 3.05) is 19.6 Å². The quantitative estimate of drug-likeness (QED) is 0.924. The van der Waals surface area contributed by atoms with E-state index in [9.17, 15) is 0 Å². The van der Waals surface area contributed by atoms with Crippen LogP contribution in [0.3, 0.4) is 0 Å². The van der Waals surface area contributed by atoms with Crippen molar-refractivity contribution >= 4 is 12.2 Å². The van der Waals surface area contributed by atoms with Crippen molar-refractivity contribution in [3.05, 3.63) is 84.1 Å². The summed E-state index contributed by atoms with van der Waals surface area (Å²) in [5.74, 6) is 0. The Bertz CT molecular complexity index is 559. The highest BCUT2D eigenvalue weighted by molar-refractivity contribution is 5.51. The Morgan fingerprint density at radius 3 is 2.18 bits per heavy atom. The fourth-order valence-corrected chi connectivity index (χ4v) is 2.64. The third-order valence-corrected chi connectivity index (χ3v) is 3.89. The van der Waals surface area contributed by atoms with Crippen LogP contribution in [0.25, 0.3) is 12.2 Å². The smallest absolute Gasteiger partial charge is 0.0596 e. The van der Waals surface area contributed by atoms with Crippen LogP contribution in [0.4, 0.5) is 0 Å². The molecule has 1 heterocycles. The minimum Gasteiger partial charge on any atom is -0.368 e. The molecule has 1 N–H and O–H groups in total. The van der Waals surface area contributed by atoms with E-state index in [1.807, 2.05) is 6.07 Å². The minimum absolute atomic E-state index is 0.397. The van der Waals surface area contributed by atoms with E-state index < -0.39 is 0 Å². The molecular formula is C20H22N2. The maximum Gasteiger partial charge on any atom is 0.0596 e. The molecule has 1 fully saturated rings. The molecule has 1 aliphatic heterocycles. The third kappa shape index (κ3) is 4.09. The lowest BCUT2D eigenvalue weighted by atomic mass is 10.1. The number of nitrogens with zero attached hydrogens (tertiary/aromatic N) is 1. The molecule has 0 aromatic heterocycles. The Morgan fingerprint density at radius 1 is 0.864 bits per heavy atom. The van der Waals surface area contributed by atoms with Crippen molar-refractivity contribution in [2.45, 2.75) is 6.04 Å². The second kappa shape index (κ2) is 7.62. The van der Waals surface area contributed by atoms with E-state index in [1.54, 1.807) is 0 Å². The van der Waals surface area contributed by atoms with Crippen molar-refractivity contribution < 1.29 is 0 Å². The van der Waals surface area contributed by atoms with Gasteiger partial charge in [-0.15, -0.1) is 0 Å². The first-order valence-corrected chi connectivity index (χ1v) is 7.85. The average molecular weight is 290 g/mol. The topological polar surface area (TPSA) is 15.3 Å². The Balaban J connectivity index is 1.69. The van der Waals surface area contributed by atoms with Crippen LogP contribution >= 0.6 is 0 Å². The molecule has 22 heavy (non-hydrogen) atoms. The lowest BCUT2D eigenvalue weighted by Crippen LogP contribution is -2.47. The first kappa shape index (κ1) is 14.6. The van der Waals surface area contributed by atoms with Gasteiger partial charge in [0.2, 0.25) is 0 Å². The molecule has 0 spiro atoms. The monoisotopic (exact) mass is 290 g/mol. The molecule has 0 radical (unpaired) electrons. The van der Waals surface area contributed by atoms with E-state index in [2.05, 4.69) is 89.2 Å². The predicted molar refractivity (Wildman–Crippen MR) is 94.3 cm³/mol. The molecule has 2 aromatic rings. The molecule has 2 nitrogen and oxygen atoms in total. The highest BCUT2D eigenvalue weighted by atomic mass is 15.2. The molecule has 3 rings (SSSR count). The summed E-state index contributed by atoms with van der Waals surface area (Å²) in [7, 11) is 0. The number of benzene rings is 2. The lowest BCUT2D eigenvalue weighted by molar-refractivity contribution is 0.269. The zero-order valence-electron chi connectivity index (χ0n) is 12.7. The van der Waals surface area contributed by atoms with E-state index in [-0.39, 0.29) is 0 Å². The molecule has 1 saturated heterocycles. The average Bonchev–Trinajstić information content (AvgIpc) is 2.61. The standard InChI is InChI=1S/C20H22N2/c1-3-7-18(8-4-1)11-12-20-17-21-14-16-22(20)15-13-19-9-5-2-6-10-19/h1-13,15,20-21H,14,16-17H2/b12-11+,15-13+. The van der Waals surface area contributed by atoms with Gasteiger partial charge in [0.25, 0.3) is 0 Å². The Hall–Kier alpha value is -2.32. The number of hydrogen-bond donors (Lipinski definition) is 1. The van der Waals surface area contributed by atoms with Crippen molar-refractivity contribution in [3.8, 4) is 0 Å². The van der Waals surface area contributed by atoms with E-state index >= 15 is 0 Å². The second-order valence-corrected chi connectivity index (χ2v) is 5.51. The zero-order chi connectivity index (χ0) is 15.0. The molecule has 2 aromatic carbocycles. The van der Waals surface area contributed by atoms with Crippen LogP contribution in [0.2, 0.25) is 0 Å². The largest absolute Gasteiger partial charge is 0.368 e. The van der Waals surface area contributed by atoms with E-state index in [0.717, 1.165) is 19.6 Å². The van der Waals surface area contributed by atoms with Gasteiger partial charge in [-0.05, 0) is 17.2 Å². The summed E-state index contributed by atoms with van der Waals surface area (Å²) in [6, 6.07) is 21.3. The first-order valence-electron chi connectivity index (χ1n) is 7.85. The Kier molecular flexibility index (Phi) is 5.06. The van der Waals surface area contributed by atoms with Crippen LogP contribution in [-0.2, 0) is 0 Å². The maximum atomic E-state index is 3.47. The molecule has 112 valence electrons. The highest BCUT2D eigenvalue weighted by Gasteiger charge is 2.16. The van der Waals surface area contributed by atoms with E-state index in [4.69, 9.17) is 0 Å². The zero-order valence-corrected chi connectivity index (χ0v) is 12.7. The first-order chi connectivity index (χ1) is 10.9. The second-order valence-electron chi connectivity index (χ2n) is 5.51. The summed E-state index contributed by atoms with van der Waals surface area (Å²) in [6.45, 7) is 3.06. The fraction of sp³-hybridized carbons (Fsp3) is 0.200. The van der Waals surface area contributed by atoms with Gasteiger partial charge in [0.1, 0.15) is 0 Å². The van der Waals surface area contributed by atoms with Gasteiger partial charge >= 0.3 is 0 Å². The van der Waals surface area contributed by atoms with Crippen LogP contribution in [0.5, 0.6) is 0 Å². The summed E-state index contributed by atoms with van der Waals surface area (Å²) < 4.78 is 0. The van der Waals surface area contributed by atoms with Crippen LogP contribution < -0.4 is 5.32 Å². The van der Waals surface area contributed by atoms with Crippen LogP contribution in [-0.4, -0.2) is 30.6 Å². The summed E-state index contributed by atoms with van der Waals surface area (Å²) >= 11 is 0. The molecule has 1 aliphatic rings. The van der Waals surface area contributed by atoms with Crippen molar-refractivity contribution in [1.29, 1.82) is 0 Å². The predicted octanol–water partition coefficient (Wildman–Crippen LogP) is 3.64. The molecule has 0 saturated carbocycles.